The first kappa shape index (κ1) is 17.2. The van der Waals surface area contributed by atoms with Crippen molar-refractivity contribution < 1.29 is 4.74 Å². The molecule has 124 valence electrons. The summed E-state index contributed by atoms with van der Waals surface area (Å²) < 4.78 is 5.37. The van der Waals surface area contributed by atoms with Gasteiger partial charge < -0.3 is 15.0 Å². The number of fused-ring (bicyclic) bond motifs is 1. The molecule has 0 aliphatic carbocycles. The van der Waals surface area contributed by atoms with Gasteiger partial charge in [-0.25, -0.2) is 0 Å². The molecule has 0 amide bonds. The van der Waals surface area contributed by atoms with Crippen LogP contribution in [0.2, 0.25) is 0 Å². The average Bonchev–Trinajstić information content (AvgIpc) is 2.50. The summed E-state index contributed by atoms with van der Waals surface area (Å²) in [5.41, 5.74) is 0. The first-order valence-corrected chi connectivity index (χ1v) is 8.95. The fourth-order valence-corrected chi connectivity index (χ4v) is 3.96. The fraction of sp³-hybridized carbons (Fsp3) is 1.00. The van der Waals surface area contributed by atoms with Gasteiger partial charge in [-0.05, 0) is 72.1 Å². The third-order valence-electron chi connectivity index (χ3n) is 5.29. The molecule has 1 N–H and O–H groups in total. The largest absolute Gasteiger partial charge is 0.382 e. The lowest BCUT2D eigenvalue weighted by Crippen LogP contribution is -2.55. The molecule has 2 aliphatic heterocycles. The Morgan fingerprint density at radius 1 is 1.29 bits per heavy atom. The maximum absolute atomic E-state index is 5.37. The summed E-state index contributed by atoms with van der Waals surface area (Å²) in [7, 11) is 2.32. The van der Waals surface area contributed by atoms with E-state index in [1.54, 1.807) is 0 Å². The van der Waals surface area contributed by atoms with Crippen molar-refractivity contribution in [1.82, 2.24) is 15.1 Å². The van der Waals surface area contributed by atoms with Crippen molar-refractivity contribution >= 4 is 0 Å². The van der Waals surface area contributed by atoms with Crippen molar-refractivity contribution in [3.05, 3.63) is 0 Å². The van der Waals surface area contributed by atoms with Crippen LogP contribution in [0, 0.1) is 5.92 Å². The zero-order chi connectivity index (χ0) is 15.1. The van der Waals surface area contributed by atoms with Crippen molar-refractivity contribution in [2.45, 2.75) is 51.6 Å². The Kier molecular flexibility index (Phi) is 7.44. The third kappa shape index (κ3) is 5.20. The number of hydrogen-bond acceptors (Lipinski definition) is 4. The van der Waals surface area contributed by atoms with Gasteiger partial charge in [0.05, 0.1) is 0 Å². The number of likely N-dealkylation sites (tertiary alicyclic amines) is 2. The van der Waals surface area contributed by atoms with Crippen LogP contribution in [0.4, 0.5) is 0 Å². The molecule has 0 saturated carbocycles. The van der Waals surface area contributed by atoms with Gasteiger partial charge in [0.2, 0.25) is 0 Å². The lowest BCUT2D eigenvalue weighted by molar-refractivity contribution is 0.0233. The quantitative estimate of drug-likeness (QED) is 0.692. The zero-order valence-electron chi connectivity index (χ0n) is 14.3. The molecule has 2 fully saturated rings. The SMILES string of the molecule is CCOCCCNCC(C)N1CCC2C(CCCN2C)C1. The van der Waals surface area contributed by atoms with E-state index in [4.69, 9.17) is 4.74 Å². The molecule has 0 radical (unpaired) electrons. The molecule has 4 heteroatoms. The van der Waals surface area contributed by atoms with Gasteiger partial charge in [0, 0.05) is 38.4 Å². The van der Waals surface area contributed by atoms with Crippen LogP contribution in [0.15, 0.2) is 0 Å². The van der Waals surface area contributed by atoms with Crippen LogP contribution < -0.4 is 5.32 Å². The van der Waals surface area contributed by atoms with Crippen LogP contribution in [0.1, 0.15) is 39.5 Å². The highest BCUT2D eigenvalue weighted by molar-refractivity contribution is 4.90. The highest BCUT2D eigenvalue weighted by Gasteiger charge is 2.35. The van der Waals surface area contributed by atoms with Gasteiger partial charge in [0.25, 0.3) is 0 Å². The zero-order valence-corrected chi connectivity index (χ0v) is 14.3. The topological polar surface area (TPSA) is 27.7 Å². The first-order chi connectivity index (χ1) is 10.2. The molecule has 21 heavy (non-hydrogen) atoms. The van der Waals surface area contributed by atoms with Crippen LogP contribution in [0.25, 0.3) is 0 Å². The number of nitrogens with zero attached hydrogens (tertiary/aromatic N) is 2. The molecule has 3 atom stereocenters. The summed E-state index contributed by atoms with van der Waals surface area (Å²) in [5.74, 6) is 0.901. The minimum atomic E-state index is 0.658. The van der Waals surface area contributed by atoms with E-state index < -0.39 is 0 Å². The van der Waals surface area contributed by atoms with Crippen LogP contribution in [0.3, 0.4) is 0 Å². The van der Waals surface area contributed by atoms with Gasteiger partial charge in [-0.3, -0.25) is 4.90 Å². The summed E-state index contributed by atoms with van der Waals surface area (Å²) in [6.07, 6.45) is 5.29. The van der Waals surface area contributed by atoms with Crippen LogP contribution in [0.5, 0.6) is 0 Å². The maximum atomic E-state index is 5.37. The number of hydrogen-bond donors (Lipinski definition) is 1. The molecule has 2 heterocycles. The molecule has 0 aromatic heterocycles. The monoisotopic (exact) mass is 297 g/mol. The van der Waals surface area contributed by atoms with E-state index in [9.17, 15) is 0 Å². The van der Waals surface area contributed by atoms with Gasteiger partial charge in [-0.2, -0.15) is 0 Å². The minimum Gasteiger partial charge on any atom is -0.382 e. The molecule has 3 unspecified atom stereocenters. The Morgan fingerprint density at radius 3 is 2.95 bits per heavy atom. The van der Waals surface area contributed by atoms with E-state index >= 15 is 0 Å². The van der Waals surface area contributed by atoms with Crippen molar-refractivity contribution in [3.8, 4) is 0 Å². The number of piperidine rings is 2. The summed E-state index contributed by atoms with van der Waals surface area (Å²) >= 11 is 0. The molecule has 0 spiro atoms. The van der Waals surface area contributed by atoms with Crippen molar-refractivity contribution in [2.24, 2.45) is 5.92 Å². The van der Waals surface area contributed by atoms with Crippen molar-refractivity contribution in [1.29, 1.82) is 0 Å². The predicted octanol–water partition coefficient (Wildman–Crippen LogP) is 1.81. The minimum absolute atomic E-state index is 0.658. The van der Waals surface area contributed by atoms with E-state index in [2.05, 4.69) is 36.0 Å². The maximum Gasteiger partial charge on any atom is 0.0477 e. The highest BCUT2D eigenvalue weighted by atomic mass is 16.5. The van der Waals surface area contributed by atoms with E-state index in [0.29, 0.717) is 6.04 Å². The summed E-state index contributed by atoms with van der Waals surface area (Å²) in [6, 6.07) is 1.51. The second kappa shape index (κ2) is 9.09. The molecule has 0 bridgehead atoms. The van der Waals surface area contributed by atoms with Gasteiger partial charge in [0.15, 0.2) is 0 Å². The van der Waals surface area contributed by atoms with E-state index in [-0.39, 0.29) is 0 Å². The summed E-state index contributed by atoms with van der Waals surface area (Å²) in [6.45, 7) is 12.2. The second-order valence-corrected chi connectivity index (χ2v) is 6.84. The Balaban J connectivity index is 1.63. The van der Waals surface area contributed by atoms with Gasteiger partial charge in [-0.1, -0.05) is 0 Å². The normalized spacial score (nSPS) is 29.3. The van der Waals surface area contributed by atoms with Crippen LogP contribution in [-0.2, 0) is 4.74 Å². The number of rotatable bonds is 8. The molecule has 0 aromatic carbocycles. The predicted molar refractivity (Wildman–Crippen MR) is 88.8 cm³/mol. The smallest absolute Gasteiger partial charge is 0.0477 e. The van der Waals surface area contributed by atoms with Crippen LogP contribution >= 0.6 is 0 Å². The van der Waals surface area contributed by atoms with E-state index in [0.717, 1.165) is 44.7 Å². The average molecular weight is 297 g/mol. The van der Waals surface area contributed by atoms with Crippen molar-refractivity contribution in [2.75, 3.05) is 53.0 Å². The molecular weight excluding hydrogens is 262 g/mol. The fourth-order valence-electron chi connectivity index (χ4n) is 3.96. The Bertz CT molecular complexity index is 287. The van der Waals surface area contributed by atoms with Gasteiger partial charge in [-0.15, -0.1) is 0 Å². The lowest BCUT2D eigenvalue weighted by atomic mass is 9.84. The first-order valence-electron chi connectivity index (χ1n) is 8.95. The number of ether oxygens (including phenoxy) is 1. The van der Waals surface area contributed by atoms with E-state index in [1.165, 1.54) is 38.9 Å². The molecule has 2 aliphatic rings. The van der Waals surface area contributed by atoms with Gasteiger partial charge in [0.1, 0.15) is 0 Å². The molecule has 4 nitrogen and oxygen atoms in total. The summed E-state index contributed by atoms with van der Waals surface area (Å²) in [4.78, 5) is 5.30. The van der Waals surface area contributed by atoms with Crippen LogP contribution in [-0.4, -0.2) is 74.9 Å². The molecule has 0 aromatic rings. The number of nitrogens with one attached hydrogen (secondary N) is 1. The molecule has 2 saturated heterocycles. The van der Waals surface area contributed by atoms with Gasteiger partial charge >= 0.3 is 0 Å². The van der Waals surface area contributed by atoms with E-state index in [1.807, 2.05) is 0 Å². The standard InChI is InChI=1S/C17H35N3O/c1-4-21-12-6-9-18-13-15(2)20-11-8-17-16(14-20)7-5-10-19(17)3/h15-18H,4-14H2,1-3H3. The Morgan fingerprint density at radius 2 is 2.14 bits per heavy atom. The highest BCUT2D eigenvalue weighted by Crippen LogP contribution is 2.30. The Labute approximate surface area is 131 Å². The Hall–Kier alpha value is -0.160. The summed E-state index contributed by atoms with van der Waals surface area (Å²) in [5, 5.41) is 3.59. The lowest BCUT2D eigenvalue weighted by Gasteiger charge is -2.47. The second-order valence-electron chi connectivity index (χ2n) is 6.84. The van der Waals surface area contributed by atoms with Crippen molar-refractivity contribution in [3.63, 3.8) is 0 Å². The molecular formula is C17H35N3O. The molecule has 2 rings (SSSR count). The third-order valence-corrected chi connectivity index (χ3v) is 5.29.